The van der Waals surface area contributed by atoms with Gasteiger partial charge in [0.2, 0.25) is 0 Å². The molecule has 1 amide bonds. The van der Waals surface area contributed by atoms with E-state index in [0.29, 0.717) is 10.6 Å². The van der Waals surface area contributed by atoms with Gasteiger partial charge in [0, 0.05) is 16.3 Å². The van der Waals surface area contributed by atoms with E-state index in [-0.39, 0.29) is 5.91 Å². The van der Waals surface area contributed by atoms with Crippen LogP contribution in [0.2, 0.25) is 5.02 Å². The fraction of sp³-hybridized carbons (Fsp3) is 0.188. The Kier molecular flexibility index (Phi) is 3.91. The van der Waals surface area contributed by atoms with Gasteiger partial charge in [-0.05, 0) is 50.1 Å². The molecule has 0 aliphatic rings. The van der Waals surface area contributed by atoms with Gasteiger partial charge in [-0.1, -0.05) is 35.4 Å². The Morgan fingerprint density at radius 3 is 2.26 bits per heavy atom. The number of anilines is 1. The third-order valence-corrected chi connectivity index (χ3v) is 3.24. The van der Waals surface area contributed by atoms with Crippen molar-refractivity contribution in [3.05, 3.63) is 63.7 Å². The smallest absolute Gasteiger partial charge is 0.255 e. The van der Waals surface area contributed by atoms with Crippen LogP contribution in [-0.4, -0.2) is 5.91 Å². The molecular weight excluding hydrogens is 258 g/mol. The van der Waals surface area contributed by atoms with E-state index in [2.05, 4.69) is 17.4 Å². The number of nitrogens with one attached hydrogen (secondary N) is 1. The molecule has 0 aliphatic heterocycles. The van der Waals surface area contributed by atoms with Crippen molar-refractivity contribution in [1.29, 1.82) is 0 Å². The fourth-order valence-corrected chi connectivity index (χ4v) is 2.38. The highest BCUT2D eigenvalue weighted by Crippen LogP contribution is 2.23. The molecule has 0 bridgehead atoms. The van der Waals surface area contributed by atoms with Crippen molar-refractivity contribution in [2.75, 3.05) is 5.32 Å². The largest absolute Gasteiger partial charge is 0.322 e. The predicted octanol–water partition coefficient (Wildman–Crippen LogP) is 4.52. The summed E-state index contributed by atoms with van der Waals surface area (Å²) in [5, 5.41) is 3.51. The van der Waals surface area contributed by atoms with Crippen molar-refractivity contribution in [1.82, 2.24) is 0 Å². The predicted molar refractivity (Wildman–Crippen MR) is 80.1 cm³/mol. The minimum absolute atomic E-state index is 0.141. The van der Waals surface area contributed by atoms with Crippen LogP contribution in [0.5, 0.6) is 0 Å². The highest BCUT2D eigenvalue weighted by molar-refractivity contribution is 6.31. The minimum atomic E-state index is -0.141. The second kappa shape index (κ2) is 5.45. The van der Waals surface area contributed by atoms with Crippen LogP contribution >= 0.6 is 11.6 Å². The van der Waals surface area contributed by atoms with Crippen molar-refractivity contribution in [3.8, 4) is 0 Å². The molecule has 0 saturated carbocycles. The first-order valence-electron chi connectivity index (χ1n) is 6.12. The molecule has 1 N–H and O–H groups in total. The summed E-state index contributed by atoms with van der Waals surface area (Å²) in [4.78, 5) is 12.2. The van der Waals surface area contributed by atoms with Gasteiger partial charge in [-0.3, -0.25) is 4.79 Å². The van der Waals surface area contributed by atoms with Crippen LogP contribution in [0.15, 0.2) is 36.4 Å². The molecule has 0 saturated heterocycles. The first kappa shape index (κ1) is 13.6. The summed E-state index contributed by atoms with van der Waals surface area (Å²) in [6, 6.07) is 11.0. The molecular formula is C16H16ClNO. The Labute approximate surface area is 118 Å². The topological polar surface area (TPSA) is 29.1 Å². The molecule has 0 aromatic heterocycles. The number of carbonyl (C=O) groups is 1. The minimum Gasteiger partial charge on any atom is -0.322 e. The van der Waals surface area contributed by atoms with Crippen LogP contribution in [0, 0.1) is 20.8 Å². The van der Waals surface area contributed by atoms with Crippen LogP contribution in [0.1, 0.15) is 27.0 Å². The Morgan fingerprint density at radius 2 is 1.68 bits per heavy atom. The lowest BCUT2D eigenvalue weighted by Crippen LogP contribution is -2.13. The second-order valence-electron chi connectivity index (χ2n) is 4.74. The molecule has 0 unspecified atom stereocenters. The highest BCUT2D eigenvalue weighted by atomic mass is 35.5. The van der Waals surface area contributed by atoms with Gasteiger partial charge >= 0.3 is 0 Å². The Morgan fingerprint density at radius 1 is 1.05 bits per heavy atom. The normalized spacial score (nSPS) is 10.3. The molecule has 2 nitrogen and oxygen atoms in total. The highest BCUT2D eigenvalue weighted by Gasteiger charge is 2.10. The number of carbonyl (C=O) groups excluding carboxylic acids is 1. The van der Waals surface area contributed by atoms with Crippen LogP contribution in [-0.2, 0) is 0 Å². The zero-order valence-corrected chi connectivity index (χ0v) is 12.0. The molecule has 98 valence electrons. The Hall–Kier alpha value is -1.80. The number of halogens is 1. The van der Waals surface area contributed by atoms with Gasteiger partial charge in [-0.25, -0.2) is 0 Å². The van der Waals surface area contributed by atoms with E-state index in [1.165, 1.54) is 5.56 Å². The summed E-state index contributed by atoms with van der Waals surface area (Å²) in [7, 11) is 0. The quantitative estimate of drug-likeness (QED) is 0.856. The lowest BCUT2D eigenvalue weighted by molar-refractivity contribution is 0.102. The van der Waals surface area contributed by atoms with Crippen molar-refractivity contribution in [2.45, 2.75) is 20.8 Å². The molecule has 0 radical (unpaired) electrons. The van der Waals surface area contributed by atoms with Crippen molar-refractivity contribution in [2.24, 2.45) is 0 Å². The average Bonchev–Trinajstić information content (AvgIpc) is 2.33. The number of rotatable bonds is 2. The zero-order chi connectivity index (χ0) is 14.0. The molecule has 0 spiro atoms. The van der Waals surface area contributed by atoms with E-state index in [9.17, 15) is 4.79 Å². The molecule has 2 rings (SSSR count). The molecule has 0 fully saturated rings. The summed E-state index contributed by atoms with van der Waals surface area (Å²) < 4.78 is 0. The number of benzene rings is 2. The zero-order valence-electron chi connectivity index (χ0n) is 11.3. The van der Waals surface area contributed by atoms with Gasteiger partial charge in [0.05, 0.1) is 0 Å². The molecule has 0 aliphatic carbocycles. The summed E-state index contributed by atoms with van der Waals surface area (Å²) in [5.74, 6) is -0.141. The van der Waals surface area contributed by atoms with Crippen LogP contribution in [0.3, 0.4) is 0 Å². The number of hydrogen-bond donors (Lipinski definition) is 1. The van der Waals surface area contributed by atoms with Gasteiger partial charge in [-0.2, -0.15) is 0 Å². The summed E-state index contributed by atoms with van der Waals surface area (Å²) in [6.07, 6.45) is 0. The molecule has 0 atom stereocenters. The van der Waals surface area contributed by atoms with Crippen molar-refractivity contribution >= 4 is 23.2 Å². The van der Waals surface area contributed by atoms with Gasteiger partial charge in [0.15, 0.2) is 0 Å². The SMILES string of the molecule is Cc1cc(C)c(NC(=O)c2cccc(Cl)c2)c(C)c1. The lowest BCUT2D eigenvalue weighted by atomic mass is 10.0. The number of hydrogen-bond acceptors (Lipinski definition) is 1. The first-order valence-corrected chi connectivity index (χ1v) is 6.50. The maximum Gasteiger partial charge on any atom is 0.255 e. The first-order chi connectivity index (χ1) is 8.97. The van der Waals surface area contributed by atoms with E-state index in [1.54, 1.807) is 24.3 Å². The van der Waals surface area contributed by atoms with E-state index < -0.39 is 0 Å². The van der Waals surface area contributed by atoms with E-state index in [4.69, 9.17) is 11.6 Å². The van der Waals surface area contributed by atoms with Crippen molar-refractivity contribution in [3.63, 3.8) is 0 Å². The molecule has 3 heteroatoms. The second-order valence-corrected chi connectivity index (χ2v) is 5.17. The Bertz CT molecular complexity index is 611. The summed E-state index contributed by atoms with van der Waals surface area (Å²) >= 11 is 5.90. The van der Waals surface area contributed by atoms with Gasteiger partial charge in [0.25, 0.3) is 5.91 Å². The third-order valence-electron chi connectivity index (χ3n) is 3.00. The van der Waals surface area contributed by atoms with Gasteiger partial charge in [-0.15, -0.1) is 0 Å². The van der Waals surface area contributed by atoms with E-state index in [0.717, 1.165) is 16.8 Å². The Balaban J connectivity index is 2.29. The van der Waals surface area contributed by atoms with Gasteiger partial charge < -0.3 is 5.32 Å². The molecule has 19 heavy (non-hydrogen) atoms. The molecule has 2 aromatic carbocycles. The van der Waals surface area contributed by atoms with Crippen molar-refractivity contribution < 1.29 is 4.79 Å². The maximum atomic E-state index is 12.2. The lowest BCUT2D eigenvalue weighted by Gasteiger charge is -2.13. The standard InChI is InChI=1S/C16H16ClNO/c1-10-7-11(2)15(12(3)8-10)18-16(19)13-5-4-6-14(17)9-13/h4-9H,1-3H3,(H,18,19). The van der Waals surface area contributed by atoms with E-state index in [1.807, 2.05) is 20.8 Å². The number of aryl methyl sites for hydroxylation is 3. The summed E-state index contributed by atoms with van der Waals surface area (Å²) in [6.45, 7) is 6.03. The van der Waals surface area contributed by atoms with Crippen LogP contribution in [0.4, 0.5) is 5.69 Å². The van der Waals surface area contributed by atoms with Crippen LogP contribution < -0.4 is 5.32 Å². The summed E-state index contributed by atoms with van der Waals surface area (Å²) in [5.41, 5.74) is 4.75. The van der Waals surface area contributed by atoms with E-state index >= 15 is 0 Å². The van der Waals surface area contributed by atoms with Gasteiger partial charge in [0.1, 0.15) is 0 Å². The third kappa shape index (κ3) is 3.15. The fourth-order valence-electron chi connectivity index (χ4n) is 2.19. The van der Waals surface area contributed by atoms with Crippen LogP contribution in [0.25, 0.3) is 0 Å². The molecule has 0 heterocycles. The molecule has 2 aromatic rings. The number of amides is 1. The monoisotopic (exact) mass is 273 g/mol. The average molecular weight is 274 g/mol. The maximum absolute atomic E-state index is 12.2.